The maximum Gasteiger partial charge on any atom is 0.294 e. The topological polar surface area (TPSA) is 78.1 Å². The number of rotatable bonds is 5. The van der Waals surface area contributed by atoms with E-state index in [1.54, 1.807) is 6.92 Å². The van der Waals surface area contributed by atoms with Crippen LogP contribution in [0.1, 0.15) is 6.92 Å². The zero-order valence-electron chi connectivity index (χ0n) is 13.5. The second-order valence-corrected chi connectivity index (χ2v) is 5.05. The van der Waals surface area contributed by atoms with E-state index in [4.69, 9.17) is 18.6 Å². The second kappa shape index (κ2) is 6.72. The van der Waals surface area contributed by atoms with Crippen LogP contribution in [0.2, 0.25) is 0 Å². The summed E-state index contributed by atoms with van der Waals surface area (Å²) < 4.78 is 34.4. The Hall–Kier alpha value is -3.22. The number of phenols is 1. The van der Waals surface area contributed by atoms with E-state index in [1.165, 1.54) is 37.4 Å². The Morgan fingerprint density at radius 1 is 1.20 bits per heavy atom. The van der Waals surface area contributed by atoms with Crippen molar-refractivity contribution in [3.8, 4) is 28.9 Å². The summed E-state index contributed by atoms with van der Waals surface area (Å²) in [7, 11) is 1.36. The van der Waals surface area contributed by atoms with Gasteiger partial charge in [0.1, 0.15) is 22.5 Å². The number of methoxy groups -OCH3 is 1. The van der Waals surface area contributed by atoms with Gasteiger partial charge >= 0.3 is 0 Å². The number of benzene rings is 2. The van der Waals surface area contributed by atoms with Gasteiger partial charge in [0.05, 0.1) is 19.8 Å². The second-order valence-electron chi connectivity index (χ2n) is 5.05. The molecular formula is C18H15FO6. The van der Waals surface area contributed by atoms with E-state index in [1.807, 2.05) is 0 Å². The van der Waals surface area contributed by atoms with Crippen LogP contribution in [0, 0.1) is 5.82 Å². The van der Waals surface area contributed by atoms with Crippen LogP contribution < -0.4 is 19.6 Å². The van der Waals surface area contributed by atoms with Crippen LogP contribution >= 0.6 is 0 Å². The van der Waals surface area contributed by atoms with E-state index in [0.717, 1.165) is 6.07 Å². The zero-order chi connectivity index (χ0) is 18.0. The Bertz CT molecular complexity index is 962. The van der Waals surface area contributed by atoms with Crippen LogP contribution in [0.3, 0.4) is 0 Å². The highest BCUT2D eigenvalue weighted by Crippen LogP contribution is 2.42. The van der Waals surface area contributed by atoms with Gasteiger partial charge in [-0.05, 0) is 31.2 Å². The Kier molecular flexibility index (Phi) is 4.47. The van der Waals surface area contributed by atoms with Gasteiger partial charge in [0, 0.05) is 6.07 Å². The highest BCUT2D eigenvalue weighted by atomic mass is 19.1. The lowest BCUT2D eigenvalue weighted by Crippen LogP contribution is -2.03. The normalized spacial score (nSPS) is 10.7. The number of aromatic hydroxyl groups is 1. The van der Waals surface area contributed by atoms with Gasteiger partial charge in [-0.1, -0.05) is 0 Å². The third-order valence-corrected chi connectivity index (χ3v) is 3.43. The van der Waals surface area contributed by atoms with Gasteiger partial charge in [-0.2, -0.15) is 0 Å². The molecule has 0 aliphatic carbocycles. The molecule has 0 aliphatic heterocycles. The predicted octanol–water partition coefficient (Wildman–Crippen LogP) is 3.84. The van der Waals surface area contributed by atoms with E-state index in [0.29, 0.717) is 12.4 Å². The van der Waals surface area contributed by atoms with Crippen molar-refractivity contribution in [3.63, 3.8) is 0 Å². The molecule has 0 saturated carbocycles. The Balaban J connectivity index is 2.11. The van der Waals surface area contributed by atoms with E-state index < -0.39 is 11.2 Å². The number of ether oxygens (including phenoxy) is 3. The van der Waals surface area contributed by atoms with Crippen LogP contribution in [0.5, 0.6) is 28.9 Å². The van der Waals surface area contributed by atoms with E-state index in [-0.39, 0.29) is 34.2 Å². The van der Waals surface area contributed by atoms with E-state index in [9.17, 15) is 14.3 Å². The van der Waals surface area contributed by atoms with Gasteiger partial charge in [-0.3, -0.25) is 4.79 Å². The number of phenolic OH excluding ortho intramolecular Hbond substituents is 1. The lowest BCUT2D eigenvalue weighted by atomic mass is 10.2. The van der Waals surface area contributed by atoms with Crippen LogP contribution in [-0.2, 0) is 0 Å². The van der Waals surface area contributed by atoms with Crippen LogP contribution in [0.15, 0.2) is 45.6 Å². The molecule has 3 aromatic rings. The third kappa shape index (κ3) is 3.21. The first-order chi connectivity index (χ1) is 12.0. The summed E-state index contributed by atoms with van der Waals surface area (Å²) >= 11 is 0. The van der Waals surface area contributed by atoms with Gasteiger partial charge in [-0.15, -0.1) is 0 Å². The van der Waals surface area contributed by atoms with Crippen LogP contribution in [0.25, 0.3) is 11.0 Å². The van der Waals surface area contributed by atoms with Crippen molar-refractivity contribution in [1.29, 1.82) is 0 Å². The van der Waals surface area contributed by atoms with E-state index in [2.05, 4.69) is 0 Å². The largest absolute Gasteiger partial charge is 0.504 e. The molecule has 0 fully saturated rings. The highest BCUT2D eigenvalue weighted by molar-refractivity contribution is 5.88. The predicted molar refractivity (Wildman–Crippen MR) is 88.3 cm³/mol. The molecule has 0 amide bonds. The summed E-state index contributed by atoms with van der Waals surface area (Å²) in [6.45, 7) is 2.10. The minimum atomic E-state index is -0.516. The van der Waals surface area contributed by atoms with Crippen molar-refractivity contribution in [2.24, 2.45) is 0 Å². The van der Waals surface area contributed by atoms with Crippen molar-refractivity contribution < 1.29 is 28.1 Å². The molecule has 0 atom stereocenters. The number of hydrogen-bond acceptors (Lipinski definition) is 6. The average Bonchev–Trinajstić information content (AvgIpc) is 2.57. The molecule has 0 saturated heterocycles. The molecule has 7 heteroatoms. The zero-order valence-corrected chi connectivity index (χ0v) is 13.5. The summed E-state index contributed by atoms with van der Waals surface area (Å²) in [5.74, 6) is -0.301. The van der Waals surface area contributed by atoms with Gasteiger partial charge in [0.15, 0.2) is 11.5 Å². The van der Waals surface area contributed by atoms with Gasteiger partial charge in [-0.25, -0.2) is 4.39 Å². The Morgan fingerprint density at radius 2 is 1.92 bits per heavy atom. The molecule has 0 bridgehead atoms. The third-order valence-electron chi connectivity index (χ3n) is 3.43. The quantitative estimate of drug-likeness (QED) is 0.756. The molecule has 0 spiro atoms. The smallest absolute Gasteiger partial charge is 0.294 e. The number of hydrogen-bond donors (Lipinski definition) is 1. The molecule has 1 heterocycles. The maximum absolute atomic E-state index is 12.9. The van der Waals surface area contributed by atoms with Crippen molar-refractivity contribution >= 4 is 11.0 Å². The number of halogens is 1. The van der Waals surface area contributed by atoms with E-state index >= 15 is 0 Å². The molecule has 1 N–H and O–H groups in total. The standard InChI is InChI=1S/C18H15FO6/c1-3-23-14-9-13-16(17(21)18(14)22-2)12(20)8-15(25-13)24-11-6-4-10(19)5-7-11/h4-9,21H,3H2,1-2H3. The molecule has 0 unspecified atom stereocenters. The van der Waals surface area contributed by atoms with Gasteiger partial charge in [0.2, 0.25) is 11.2 Å². The molecule has 130 valence electrons. The summed E-state index contributed by atoms with van der Waals surface area (Å²) in [4.78, 5) is 12.3. The molecule has 25 heavy (non-hydrogen) atoms. The highest BCUT2D eigenvalue weighted by Gasteiger charge is 2.19. The molecule has 2 aromatic carbocycles. The minimum Gasteiger partial charge on any atom is -0.504 e. The molecule has 3 rings (SSSR count). The molecule has 0 aliphatic rings. The van der Waals surface area contributed by atoms with Crippen molar-refractivity contribution in [3.05, 3.63) is 52.4 Å². The molecule has 6 nitrogen and oxygen atoms in total. The fraction of sp³-hybridized carbons (Fsp3) is 0.167. The van der Waals surface area contributed by atoms with Crippen LogP contribution in [-0.4, -0.2) is 18.8 Å². The fourth-order valence-corrected chi connectivity index (χ4v) is 2.37. The Morgan fingerprint density at radius 3 is 2.56 bits per heavy atom. The first-order valence-electron chi connectivity index (χ1n) is 7.47. The average molecular weight is 346 g/mol. The monoisotopic (exact) mass is 346 g/mol. The maximum atomic E-state index is 12.9. The molecule has 1 aromatic heterocycles. The Labute approximate surface area is 142 Å². The summed E-state index contributed by atoms with van der Waals surface area (Å²) in [5, 5.41) is 10.3. The summed E-state index contributed by atoms with van der Waals surface area (Å²) in [6, 6.07) is 7.77. The summed E-state index contributed by atoms with van der Waals surface area (Å²) in [5.41, 5.74) is -0.441. The molecule has 0 radical (unpaired) electrons. The van der Waals surface area contributed by atoms with Crippen molar-refractivity contribution in [1.82, 2.24) is 0 Å². The van der Waals surface area contributed by atoms with Crippen molar-refractivity contribution in [2.45, 2.75) is 6.92 Å². The lowest BCUT2D eigenvalue weighted by molar-refractivity contribution is 0.300. The number of fused-ring (bicyclic) bond motifs is 1. The minimum absolute atomic E-state index is 0.0493. The lowest BCUT2D eigenvalue weighted by Gasteiger charge is -2.13. The van der Waals surface area contributed by atoms with Gasteiger partial charge < -0.3 is 23.7 Å². The van der Waals surface area contributed by atoms with Gasteiger partial charge in [0.25, 0.3) is 5.95 Å². The van der Waals surface area contributed by atoms with Crippen LogP contribution in [0.4, 0.5) is 4.39 Å². The molecular weight excluding hydrogens is 331 g/mol. The first-order valence-corrected chi connectivity index (χ1v) is 7.47. The summed E-state index contributed by atoms with van der Waals surface area (Å²) in [6.07, 6.45) is 0. The first kappa shape index (κ1) is 16.6. The fourth-order valence-electron chi connectivity index (χ4n) is 2.37. The van der Waals surface area contributed by atoms with Crippen molar-refractivity contribution in [2.75, 3.05) is 13.7 Å². The SMILES string of the molecule is CCOc1cc2oc(Oc3ccc(F)cc3)cc(=O)c2c(O)c1OC.